The Hall–Kier alpha value is -0.870. The van der Waals surface area contributed by atoms with Crippen molar-refractivity contribution in [3.63, 3.8) is 0 Å². The minimum absolute atomic E-state index is 0.0541. The fourth-order valence-corrected chi connectivity index (χ4v) is 1.27. The van der Waals surface area contributed by atoms with Crippen LogP contribution in [0.2, 0.25) is 5.02 Å². The summed E-state index contributed by atoms with van der Waals surface area (Å²) in [7, 11) is 0. The van der Waals surface area contributed by atoms with E-state index in [0.717, 1.165) is 0 Å². The summed E-state index contributed by atoms with van der Waals surface area (Å²) in [6.07, 6.45) is 0.239. The SMILES string of the molecule is OCCc1cc(Cl)ccc1OC(F)F. The molecule has 0 spiro atoms. The Bertz CT molecular complexity index is 305. The van der Waals surface area contributed by atoms with Crippen LogP contribution in [0.1, 0.15) is 5.56 Å². The maximum Gasteiger partial charge on any atom is 0.387 e. The molecule has 0 saturated carbocycles. The summed E-state index contributed by atoms with van der Waals surface area (Å²) < 4.78 is 28.1. The van der Waals surface area contributed by atoms with Crippen LogP contribution in [0.15, 0.2) is 18.2 Å². The highest BCUT2D eigenvalue weighted by atomic mass is 35.5. The van der Waals surface area contributed by atoms with E-state index >= 15 is 0 Å². The van der Waals surface area contributed by atoms with E-state index in [4.69, 9.17) is 16.7 Å². The summed E-state index contributed by atoms with van der Waals surface area (Å²) in [5.74, 6) is 0.0541. The molecule has 0 aliphatic rings. The Labute approximate surface area is 85.1 Å². The molecule has 0 fully saturated rings. The standard InChI is InChI=1S/C9H9ClF2O2/c10-7-1-2-8(14-9(11)12)6(5-7)3-4-13/h1-2,5,9,13H,3-4H2. The van der Waals surface area contributed by atoms with Crippen LogP contribution in [-0.2, 0) is 6.42 Å². The van der Waals surface area contributed by atoms with Gasteiger partial charge in [-0.05, 0) is 30.2 Å². The second kappa shape index (κ2) is 5.12. The lowest BCUT2D eigenvalue weighted by molar-refractivity contribution is -0.0505. The zero-order valence-electron chi connectivity index (χ0n) is 7.21. The smallest absolute Gasteiger partial charge is 0.387 e. The first kappa shape index (κ1) is 11.2. The third-order valence-electron chi connectivity index (χ3n) is 1.62. The van der Waals surface area contributed by atoms with E-state index in [1.807, 2.05) is 0 Å². The summed E-state index contributed by atoms with van der Waals surface area (Å²) in [4.78, 5) is 0. The highest BCUT2D eigenvalue weighted by Gasteiger charge is 2.09. The number of hydrogen-bond acceptors (Lipinski definition) is 2. The van der Waals surface area contributed by atoms with Crippen molar-refractivity contribution in [2.45, 2.75) is 13.0 Å². The second-order valence-corrected chi connectivity index (χ2v) is 3.04. The van der Waals surface area contributed by atoms with Crippen molar-refractivity contribution in [1.82, 2.24) is 0 Å². The van der Waals surface area contributed by atoms with Crippen LogP contribution in [0.5, 0.6) is 5.75 Å². The van der Waals surface area contributed by atoms with Gasteiger partial charge in [-0.3, -0.25) is 0 Å². The Morgan fingerprint density at radius 3 is 2.71 bits per heavy atom. The van der Waals surface area contributed by atoms with E-state index < -0.39 is 6.61 Å². The summed E-state index contributed by atoms with van der Waals surface area (Å²) in [6.45, 7) is -3.01. The van der Waals surface area contributed by atoms with Crippen molar-refractivity contribution in [2.75, 3.05) is 6.61 Å². The van der Waals surface area contributed by atoms with E-state index in [1.165, 1.54) is 18.2 Å². The van der Waals surface area contributed by atoms with Crippen LogP contribution in [0.25, 0.3) is 0 Å². The molecule has 0 aromatic heterocycles. The van der Waals surface area contributed by atoms with Crippen LogP contribution in [0.3, 0.4) is 0 Å². The van der Waals surface area contributed by atoms with Crippen LogP contribution in [0.4, 0.5) is 8.78 Å². The number of aliphatic hydroxyl groups is 1. The van der Waals surface area contributed by atoms with Gasteiger partial charge in [0.05, 0.1) is 0 Å². The molecular formula is C9H9ClF2O2. The molecule has 0 aliphatic heterocycles. The van der Waals surface area contributed by atoms with E-state index in [1.54, 1.807) is 0 Å². The second-order valence-electron chi connectivity index (χ2n) is 2.60. The molecule has 2 nitrogen and oxygen atoms in total. The first-order chi connectivity index (χ1) is 6.63. The van der Waals surface area contributed by atoms with Gasteiger partial charge in [-0.15, -0.1) is 0 Å². The van der Waals surface area contributed by atoms with E-state index in [-0.39, 0.29) is 18.8 Å². The summed E-state index contributed by atoms with van der Waals surface area (Å²) in [5, 5.41) is 9.11. The molecule has 1 aromatic carbocycles. The molecule has 5 heteroatoms. The van der Waals surface area contributed by atoms with Crippen LogP contribution in [0, 0.1) is 0 Å². The van der Waals surface area contributed by atoms with Gasteiger partial charge in [-0.2, -0.15) is 8.78 Å². The molecule has 78 valence electrons. The number of hydrogen-bond donors (Lipinski definition) is 1. The predicted octanol–water partition coefficient (Wildman–Crippen LogP) is 2.48. The van der Waals surface area contributed by atoms with E-state index in [2.05, 4.69) is 4.74 Å². The molecular weight excluding hydrogens is 214 g/mol. The molecule has 0 heterocycles. The van der Waals surface area contributed by atoms with Crippen molar-refractivity contribution in [3.8, 4) is 5.75 Å². The van der Waals surface area contributed by atoms with Gasteiger partial charge in [0, 0.05) is 11.6 Å². The summed E-state index contributed by atoms with van der Waals surface area (Å²) >= 11 is 5.66. The van der Waals surface area contributed by atoms with Crippen molar-refractivity contribution in [2.24, 2.45) is 0 Å². The van der Waals surface area contributed by atoms with Gasteiger partial charge in [0.2, 0.25) is 0 Å². The highest BCUT2D eigenvalue weighted by Crippen LogP contribution is 2.24. The lowest BCUT2D eigenvalue weighted by atomic mass is 10.1. The Balaban J connectivity index is 2.89. The Morgan fingerprint density at radius 1 is 1.43 bits per heavy atom. The Morgan fingerprint density at radius 2 is 2.14 bits per heavy atom. The molecule has 0 unspecified atom stereocenters. The van der Waals surface area contributed by atoms with Gasteiger partial charge in [0.1, 0.15) is 5.75 Å². The van der Waals surface area contributed by atoms with Crippen molar-refractivity contribution in [1.29, 1.82) is 0 Å². The minimum Gasteiger partial charge on any atom is -0.435 e. The lowest BCUT2D eigenvalue weighted by Gasteiger charge is -2.09. The van der Waals surface area contributed by atoms with Crippen LogP contribution >= 0.6 is 11.6 Å². The first-order valence-electron chi connectivity index (χ1n) is 3.97. The van der Waals surface area contributed by atoms with Gasteiger partial charge < -0.3 is 9.84 Å². The van der Waals surface area contributed by atoms with Crippen molar-refractivity contribution >= 4 is 11.6 Å². The number of ether oxygens (including phenoxy) is 1. The van der Waals surface area contributed by atoms with Crippen LogP contribution < -0.4 is 4.74 Å². The third kappa shape index (κ3) is 3.12. The first-order valence-corrected chi connectivity index (χ1v) is 4.35. The van der Waals surface area contributed by atoms with Crippen molar-refractivity contribution < 1.29 is 18.6 Å². The molecule has 0 radical (unpaired) electrons. The van der Waals surface area contributed by atoms with E-state index in [9.17, 15) is 8.78 Å². The number of rotatable bonds is 4. The van der Waals surface area contributed by atoms with Gasteiger partial charge in [-0.1, -0.05) is 11.6 Å². The lowest BCUT2D eigenvalue weighted by Crippen LogP contribution is -2.05. The monoisotopic (exact) mass is 222 g/mol. The predicted molar refractivity (Wildman–Crippen MR) is 48.9 cm³/mol. The molecule has 0 saturated heterocycles. The van der Waals surface area contributed by atoms with Gasteiger partial charge in [-0.25, -0.2) is 0 Å². The fourth-order valence-electron chi connectivity index (χ4n) is 1.07. The van der Waals surface area contributed by atoms with Gasteiger partial charge in [0.15, 0.2) is 0 Å². The quantitative estimate of drug-likeness (QED) is 0.848. The minimum atomic E-state index is -2.87. The zero-order chi connectivity index (χ0) is 10.6. The summed E-state index contributed by atoms with van der Waals surface area (Å²) in [6, 6.07) is 4.31. The molecule has 0 atom stereocenters. The van der Waals surface area contributed by atoms with Crippen molar-refractivity contribution in [3.05, 3.63) is 28.8 Å². The number of halogens is 3. The van der Waals surface area contributed by atoms with E-state index in [0.29, 0.717) is 10.6 Å². The molecule has 14 heavy (non-hydrogen) atoms. The zero-order valence-corrected chi connectivity index (χ0v) is 7.97. The summed E-state index contributed by atoms with van der Waals surface area (Å²) in [5.41, 5.74) is 0.473. The molecule has 1 aromatic rings. The highest BCUT2D eigenvalue weighted by molar-refractivity contribution is 6.30. The Kier molecular flexibility index (Phi) is 4.10. The average Bonchev–Trinajstić information content (AvgIpc) is 2.09. The largest absolute Gasteiger partial charge is 0.435 e. The molecule has 1 rings (SSSR count). The number of alkyl halides is 2. The fraction of sp³-hybridized carbons (Fsp3) is 0.333. The number of benzene rings is 1. The normalized spacial score (nSPS) is 10.6. The molecule has 0 amide bonds. The maximum absolute atomic E-state index is 11.9. The van der Waals surface area contributed by atoms with Crippen LogP contribution in [-0.4, -0.2) is 18.3 Å². The topological polar surface area (TPSA) is 29.5 Å². The third-order valence-corrected chi connectivity index (χ3v) is 1.85. The molecule has 0 bridgehead atoms. The average molecular weight is 223 g/mol. The number of aliphatic hydroxyl groups excluding tert-OH is 1. The van der Waals surface area contributed by atoms with Gasteiger partial charge in [0.25, 0.3) is 0 Å². The van der Waals surface area contributed by atoms with Gasteiger partial charge >= 0.3 is 6.61 Å². The molecule has 1 N–H and O–H groups in total. The molecule has 0 aliphatic carbocycles. The maximum atomic E-state index is 11.9.